The Morgan fingerprint density at radius 1 is 1.10 bits per heavy atom. The van der Waals surface area contributed by atoms with Crippen molar-refractivity contribution < 1.29 is 14.3 Å². The molecule has 1 atom stereocenters. The third-order valence-electron chi connectivity index (χ3n) is 5.12. The maximum Gasteiger partial charge on any atom is 0.255 e. The van der Waals surface area contributed by atoms with Crippen LogP contribution in [0.15, 0.2) is 66.7 Å². The van der Waals surface area contributed by atoms with Crippen molar-refractivity contribution in [3.63, 3.8) is 0 Å². The molecule has 1 aromatic heterocycles. The van der Waals surface area contributed by atoms with Crippen molar-refractivity contribution >= 4 is 22.6 Å². The molecule has 31 heavy (non-hydrogen) atoms. The summed E-state index contributed by atoms with van der Waals surface area (Å²) in [5, 5.41) is 2.96. The molecule has 0 aliphatic rings. The number of carbonyl (C=O) groups excluding carboxylic acids is 1. The molecular formula is C25H25N3O3. The normalized spacial score (nSPS) is 11.8. The molecule has 0 saturated heterocycles. The SMILES string of the molecule is CCC(C)Oc1cccc(C(=O)Nc2cc(-c3nc4ccccc4[nH]3)ccc2OC)c1. The molecule has 0 saturated carbocycles. The zero-order chi connectivity index (χ0) is 21.8. The topological polar surface area (TPSA) is 76.2 Å². The average molecular weight is 415 g/mol. The van der Waals surface area contributed by atoms with Gasteiger partial charge in [-0.2, -0.15) is 0 Å². The fraction of sp³-hybridized carbons (Fsp3) is 0.200. The van der Waals surface area contributed by atoms with Crippen molar-refractivity contribution in [2.75, 3.05) is 12.4 Å². The van der Waals surface area contributed by atoms with Crippen LogP contribution in [0.25, 0.3) is 22.4 Å². The molecule has 3 aromatic carbocycles. The lowest BCUT2D eigenvalue weighted by Gasteiger charge is -2.14. The summed E-state index contributed by atoms with van der Waals surface area (Å²) in [4.78, 5) is 20.9. The first-order valence-electron chi connectivity index (χ1n) is 10.3. The van der Waals surface area contributed by atoms with Crippen LogP contribution >= 0.6 is 0 Å². The standard InChI is InChI=1S/C25H25N3O3/c1-4-16(2)31-19-9-7-8-18(14-19)25(29)28-22-15-17(12-13-23(22)30-3)24-26-20-10-5-6-11-21(20)27-24/h5-16H,4H2,1-3H3,(H,26,27)(H,28,29). The van der Waals surface area contributed by atoms with E-state index in [-0.39, 0.29) is 12.0 Å². The van der Waals surface area contributed by atoms with Crippen molar-refractivity contribution in [3.8, 4) is 22.9 Å². The van der Waals surface area contributed by atoms with E-state index in [1.54, 1.807) is 19.2 Å². The number of nitrogens with zero attached hydrogens (tertiary/aromatic N) is 1. The molecule has 4 rings (SSSR count). The van der Waals surface area contributed by atoms with Gasteiger partial charge in [0.15, 0.2) is 0 Å². The van der Waals surface area contributed by atoms with Gasteiger partial charge in [0.1, 0.15) is 17.3 Å². The number of aromatic nitrogens is 2. The maximum atomic E-state index is 12.9. The van der Waals surface area contributed by atoms with Gasteiger partial charge in [0, 0.05) is 11.1 Å². The number of amides is 1. The van der Waals surface area contributed by atoms with Crippen LogP contribution in [0.2, 0.25) is 0 Å². The number of benzene rings is 3. The van der Waals surface area contributed by atoms with Gasteiger partial charge in [-0.3, -0.25) is 4.79 Å². The van der Waals surface area contributed by atoms with Gasteiger partial charge in [0.05, 0.1) is 29.9 Å². The molecule has 6 heteroatoms. The Labute approximate surface area is 181 Å². The summed E-state index contributed by atoms with van der Waals surface area (Å²) in [6, 6.07) is 20.6. The van der Waals surface area contributed by atoms with Gasteiger partial charge < -0.3 is 19.8 Å². The molecule has 1 unspecified atom stereocenters. The van der Waals surface area contributed by atoms with E-state index in [0.717, 1.165) is 28.8 Å². The Morgan fingerprint density at radius 3 is 2.71 bits per heavy atom. The van der Waals surface area contributed by atoms with Gasteiger partial charge in [-0.05, 0) is 61.9 Å². The van der Waals surface area contributed by atoms with Gasteiger partial charge in [0.25, 0.3) is 5.91 Å². The third-order valence-corrected chi connectivity index (χ3v) is 5.12. The molecular weight excluding hydrogens is 390 g/mol. The number of hydrogen-bond donors (Lipinski definition) is 2. The Morgan fingerprint density at radius 2 is 1.94 bits per heavy atom. The van der Waals surface area contributed by atoms with Crippen molar-refractivity contribution in [1.82, 2.24) is 9.97 Å². The molecule has 4 aromatic rings. The number of para-hydroxylation sites is 2. The van der Waals surface area contributed by atoms with Crippen LogP contribution in [-0.2, 0) is 0 Å². The van der Waals surface area contributed by atoms with Gasteiger partial charge >= 0.3 is 0 Å². The van der Waals surface area contributed by atoms with Crippen LogP contribution in [0, 0.1) is 0 Å². The monoisotopic (exact) mass is 415 g/mol. The van der Waals surface area contributed by atoms with Crippen molar-refractivity contribution in [3.05, 3.63) is 72.3 Å². The largest absolute Gasteiger partial charge is 0.495 e. The summed E-state index contributed by atoms with van der Waals surface area (Å²) in [5.41, 5.74) is 3.77. The smallest absolute Gasteiger partial charge is 0.255 e. The first kappa shape index (κ1) is 20.5. The summed E-state index contributed by atoms with van der Waals surface area (Å²) in [6.07, 6.45) is 0.973. The molecule has 2 N–H and O–H groups in total. The van der Waals surface area contributed by atoms with Crippen LogP contribution in [0.1, 0.15) is 30.6 Å². The van der Waals surface area contributed by atoms with Crippen LogP contribution in [0.5, 0.6) is 11.5 Å². The fourth-order valence-corrected chi connectivity index (χ4v) is 3.26. The number of hydrogen-bond acceptors (Lipinski definition) is 4. The lowest BCUT2D eigenvalue weighted by molar-refractivity contribution is 0.102. The highest BCUT2D eigenvalue weighted by atomic mass is 16.5. The second kappa shape index (κ2) is 8.92. The highest BCUT2D eigenvalue weighted by Crippen LogP contribution is 2.31. The maximum absolute atomic E-state index is 12.9. The van der Waals surface area contributed by atoms with Gasteiger partial charge in [-0.1, -0.05) is 25.1 Å². The fourth-order valence-electron chi connectivity index (χ4n) is 3.26. The first-order chi connectivity index (χ1) is 15.1. The summed E-state index contributed by atoms with van der Waals surface area (Å²) < 4.78 is 11.3. The number of anilines is 1. The second-order valence-corrected chi connectivity index (χ2v) is 7.34. The predicted octanol–water partition coefficient (Wildman–Crippen LogP) is 5.67. The number of methoxy groups -OCH3 is 1. The first-order valence-corrected chi connectivity index (χ1v) is 10.3. The molecule has 158 valence electrons. The molecule has 1 heterocycles. The van der Waals surface area contributed by atoms with Gasteiger partial charge in [-0.25, -0.2) is 4.98 Å². The van der Waals surface area contributed by atoms with Gasteiger partial charge in [-0.15, -0.1) is 0 Å². The number of ether oxygens (including phenoxy) is 2. The van der Waals surface area contributed by atoms with E-state index < -0.39 is 0 Å². The van der Waals surface area contributed by atoms with Crippen molar-refractivity contribution in [1.29, 1.82) is 0 Å². The Hall–Kier alpha value is -3.80. The summed E-state index contributed by atoms with van der Waals surface area (Å²) in [5.74, 6) is 1.73. The number of imidazole rings is 1. The quantitative estimate of drug-likeness (QED) is 0.408. The van der Waals surface area contributed by atoms with E-state index >= 15 is 0 Å². The zero-order valence-electron chi connectivity index (χ0n) is 17.8. The third kappa shape index (κ3) is 4.53. The van der Waals surface area contributed by atoms with Crippen LogP contribution < -0.4 is 14.8 Å². The lowest BCUT2D eigenvalue weighted by Crippen LogP contribution is -2.14. The minimum Gasteiger partial charge on any atom is -0.495 e. The number of rotatable bonds is 7. The molecule has 0 fully saturated rings. The highest BCUT2D eigenvalue weighted by Gasteiger charge is 2.14. The number of fused-ring (bicyclic) bond motifs is 1. The van der Waals surface area contributed by atoms with E-state index in [1.807, 2.05) is 61.5 Å². The molecule has 0 radical (unpaired) electrons. The number of H-pyrrole nitrogens is 1. The van der Waals surface area contributed by atoms with Crippen molar-refractivity contribution in [2.45, 2.75) is 26.4 Å². The van der Waals surface area contributed by atoms with Crippen LogP contribution in [0.4, 0.5) is 5.69 Å². The molecule has 6 nitrogen and oxygen atoms in total. The van der Waals surface area contributed by atoms with Crippen LogP contribution in [-0.4, -0.2) is 29.1 Å². The molecule has 1 amide bonds. The predicted molar refractivity (Wildman–Crippen MR) is 123 cm³/mol. The molecule has 0 aliphatic carbocycles. The number of carbonyl (C=O) groups is 1. The molecule has 0 bridgehead atoms. The zero-order valence-corrected chi connectivity index (χ0v) is 17.8. The van der Waals surface area contributed by atoms with E-state index in [1.165, 1.54) is 0 Å². The minimum absolute atomic E-state index is 0.0823. The summed E-state index contributed by atoms with van der Waals surface area (Å²) in [6.45, 7) is 4.06. The van der Waals surface area contributed by atoms with E-state index in [0.29, 0.717) is 22.7 Å². The second-order valence-electron chi connectivity index (χ2n) is 7.34. The summed E-state index contributed by atoms with van der Waals surface area (Å²) in [7, 11) is 1.58. The van der Waals surface area contributed by atoms with Gasteiger partial charge in [0.2, 0.25) is 0 Å². The Balaban J connectivity index is 1.61. The molecule has 0 spiro atoms. The van der Waals surface area contributed by atoms with E-state index in [2.05, 4.69) is 22.2 Å². The van der Waals surface area contributed by atoms with E-state index in [9.17, 15) is 4.79 Å². The Bertz CT molecular complexity index is 1180. The van der Waals surface area contributed by atoms with Crippen LogP contribution in [0.3, 0.4) is 0 Å². The summed E-state index contributed by atoms with van der Waals surface area (Å²) >= 11 is 0. The minimum atomic E-state index is -0.241. The Kier molecular flexibility index (Phi) is 5.89. The average Bonchev–Trinajstić information content (AvgIpc) is 3.23. The molecule has 0 aliphatic heterocycles. The number of aromatic amines is 1. The highest BCUT2D eigenvalue weighted by molar-refractivity contribution is 6.05. The van der Waals surface area contributed by atoms with E-state index in [4.69, 9.17) is 9.47 Å². The van der Waals surface area contributed by atoms with Crippen molar-refractivity contribution in [2.24, 2.45) is 0 Å². The number of nitrogens with one attached hydrogen (secondary N) is 2. The lowest BCUT2D eigenvalue weighted by atomic mass is 10.1.